The van der Waals surface area contributed by atoms with Gasteiger partial charge < -0.3 is 4.98 Å². The molecule has 0 amide bonds. The number of rotatable bonds is 0. The second-order valence-electron chi connectivity index (χ2n) is 2.69. The van der Waals surface area contributed by atoms with Crippen LogP contribution >= 0.6 is 0 Å². The van der Waals surface area contributed by atoms with E-state index in [4.69, 9.17) is 0 Å². The third-order valence-corrected chi connectivity index (χ3v) is 1.84. The van der Waals surface area contributed by atoms with Crippen molar-refractivity contribution in [2.45, 2.75) is 0 Å². The van der Waals surface area contributed by atoms with Crippen molar-refractivity contribution in [3.63, 3.8) is 0 Å². The maximum atomic E-state index is 11.2. The molecule has 0 aliphatic heterocycles. The molecule has 0 saturated heterocycles. The van der Waals surface area contributed by atoms with E-state index in [9.17, 15) is 14.4 Å². The molecule has 1 aliphatic carbocycles. The van der Waals surface area contributed by atoms with Crippen LogP contribution in [0, 0.1) is 0 Å². The van der Waals surface area contributed by atoms with Gasteiger partial charge in [0.25, 0.3) is 0 Å². The highest BCUT2D eigenvalue weighted by Crippen LogP contribution is 2.12. The number of aromatic amines is 1. The molecule has 0 aromatic carbocycles. The number of ketones is 2. The summed E-state index contributed by atoms with van der Waals surface area (Å²) in [5.41, 5.74) is 0.0542. The first-order valence-corrected chi connectivity index (χ1v) is 3.68. The standard InChI is InChI=1S/C9H5NO3/c11-7-1-2-8(12)6-4-10-9(13)3-5(6)7/h1-4H,(H,10,13). The molecule has 0 bridgehead atoms. The number of carbonyl (C=O) groups excluding carboxylic acids is 2. The maximum absolute atomic E-state index is 11.2. The van der Waals surface area contributed by atoms with E-state index >= 15 is 0 Å². The van der Waals surface area contributed by atoms with Crippen LogP contribution in [0.3, 0.4) is 0 Å². The number of allylic oxidation sites excluding steroid dienone is 2. The van der Waals surface area contributed by atoms with Crippen LogP contribution in [0.5, 0.6) is 0 Å². The van der Waals surface area contributed by atoms with E-state index in [1.54, 1.807) is 0 Å². The van der Waals surface area contributed by atoms with Crippen LogP contribution in [-0.4, -0.2) is 16.6 Å². The largest absolute Gasteiger partial charge is 0.328 e. The highest BCUT2D eigenvalue weighted by atomic mass is 16.1. The predicted molar refractivity (Wildman–Crippen MR) is 44.9 cm³/mol. The van der Waals surface area contributed by atoms with Gasteiger partial charge in [-0.1, -0.05) is 0 Å². The molecule has 13 heavy (non-hydrogen) atoms. The SMILES string of the molecule is O=C1C=CC(=O)c2cc(=O)[nH]cc21. The van der Waals surface area contributed by atoms with Crippen LogP contribution in [-0.2, 0) is 0 Å². The van der Waals surface area contributed by atoms with Crippen LogP contribution in [0.1, 0.15) is 20.7 Å². The van der Waals surface area contributed by atoms with Gasteiger partial charge in [0.2, 0.25) is 5.56 Å². The number of carbonyl (C=O) groups is 2. The average molecular weight is 175 g/mol. The van der Waals surface area contributed by atoms with Gasteiger partial charge in [-0.25, -0.2) is 0 Å². The third kappa shape index (κ3) is 1.12. The van der Waals surface area contributed by atoms with Crippen LogP contribution in [0.25, 0.3) is 0 Å². The lowest BCUT2D eigenvalue weighted by atomic mass is 9.97. The zero-order valence-electron chi connectivity index (χ0n) is 6.53. The summed E-state index contributed by atoms with van der Waals surface area (Å²) in [7, 11) is 0. The summed E-state index contributed by atoms with van der Waals surface area (Å²) in [4.78, 5) is 35.6. The Hall–Kier alpha value is -1.97. The highest BCUT2D eigenvalue weighted by molar-refractivity contribution is 6.21. The van der Waals surface area contributed by atoms with Crippen molar-refractivity contribution in [2.75, 3.05) is 0 Å². The first-order chi connectivity index (χ1) is 6.18. The van der Waals surface area contributed by atoms with Gasteiger partial charge in [0.1, 0.15) is 0 Å². The topological polar surface area (TPSA) is 67.0 Å². The molecule has 0 radical (unpaired) electrons. The lowest BCUT2D eigenvalue weighted by molar-refractivity contribution is 0.0993. The Balaban J connectivity index is 2.76. The zero-order chi connectivity index (χ0) is 9.42. The van der Waals surface area contributed by atoms with Gasteiger partial charge in [0, 0.05) is 23.4 Å². The molecule has 0 spiro atoms. The molecule has 1 N–H and O–H groups in total. The van der Waals surface area contributed by atoms with Gasteiger partial charge >= 0.3 is 0 Å². The Morgan fingerprint density at radius 2 is 1.54 bits per heavy atom. The molecule has 1 aromatic rings. The van der Waals surface area contributed by atoms with Crippen molar-refractivity contribution >= 4 is 11.6 Å². The van der Waals surface area contributed by atoms with Crippen LogP contribution in [0.4, 0.5) is 0 Å². The van der Waals surface area contributed by atoms with E-state index < -0.39 is 0 Å². The van der Waals surface area contributed by atoms with E-state index in [2.05, 4.69) is 4.98 Å². The monoisotopic (exact) mass is 175 g/mol. The van der Waals surface area contributed by atoms with Gasteiger partial charge in [-0.05, 0) is 12.2 Å². The lowest BCUT2D eigenvalue weighted by Crippen LogP contribution is -2.17. The Labute approximate surface area is 72.9 Å². The van der Waals surface area contributed by atoms with Crippen molar-refractivity contribution in [1.29, 1.82) is 0 Å². The molecular weight excluding hydrogens is 170 g/mol. The van der Waals surface area contributed by atoms with E-state index in [-0.39, 0.29) is 28.3 Å². The van der Waals surface area contributed by atoms with E-state index in [1.807, 2.05) is 0 Å². The number of H-pyrrole nitrogens is 1. The quantitative estimate of drug-likeness (QED) is 0.617. The number of aromatic nitrogens is 1. The highest BCUT2D eigenvalue weighted by Gasteiger charge is 2.18. The fourth-order valence-corrected chi connectivity index (χ4v) is 1.21. The minimum Gasteiger partial charge on any atom is -0.328 e. The van der Waals surface area contributed by atoms with Crippen molar-refractivity contribution in [2.24, 2.45) is 0 Å². The summed E-state index contributed by atoms with van der Waals surface area (Å²) >= 11 is 0. The van der Waals surface area contributed by atoms with Gasteiger partial charge in [-0.3, -0.25) is 14.4 Å². The van der Waals surface area contributed by atoms with Crippen LogP contribution < -0.4 is 5.56 Å². The minimum atomic E-state index is -0.379. The summed E-state index contributed by atoms with van der Waals surface area (Å²) in [5, 5.41) is 0. The summed E-state index contributed by atoms with van der Waals surface area (Å²) in [5.74, 6) is -0.563. The van der Waals surface area contributed by atoms with E-state index in [1.165, 1.54) is 18.3 Å². The number of nitrogens with one attached hydrogen (secondary N) is 1. The van der Waals surface area contributed by atoms with Crippen LogP contribution in [0.15, 0.2) is 29.2 Å². The van der Waals surface area contributed by atoms with E-state index in [0.29, 0.717) is 0 Å². The van der Waals surface area contributed by atoms with Gasteiger partial charge in [-0.2, -0.15) is 0 Å². The molecule has 0 atom stereocenters. The molecule has 0 unspecified atom stereocenters. The molecule has 1 aliphatic rings. The maximum Gasteiger partial charge on any atom is 0.248 e. The van der Waals surface area contributed by atoms with Crippen molar-refractivity contribution in [3.8, 4) is 0 Å². The summed E-state index contributed by atoms with van der Waals surface area (Å²) in [6.45, 7) is 0. The number of hydrogen-bond donors (Lipinski definition) is 1. The first-order valence-electron chi connectivity index (χ1n) is 3.68. The molecule has 1 aromatic heterocycles. The molecule has 0 saturated carbocycles. The Bertz CT molecular complexity index is 482. The van der Waals surface area contributed by atoms with Gasteiger partial charge in [-0.15, -0.1) is 0 Å². The Kier molecular flexibility index (Phi) is 1.48. The first kappa shape index (κ1) is 7.67. The molecule has 4 nitrogen and oxygen atoms in total. The minimum absolute atomic E-state index is 0.177. The van der Waals surface area contributed by atoms with Crippen molar-refractivity contribution < 1.29 is 9.59 Å². The molecule has 4 heteroatoms. The average Bonchev–Trinajstić information content (AvgIpc) is 2.12. The number of fused-ring (bicyclic) bond motifs is 1. The van der Waals surface area contributed by atoms with Crippen LogP contribution in [0.2, 0.25) is 0 Å². The number of hydrogen-bond acceptors (Lipinski definition) is 3. The summed E-state index contributed by atoms with van der Waals surface area (Å²) < 4.78 is 0. The molecule has 1 heterocycles. The smallest absolute Gasteiger partial charge is 0.248 e. The summed E-state index contributed by atoms with van der Waals surface area (Å²) in [6.07, 6.45) is 3.63. The summed E-state index contributed by atoms with van der Waals surface area (Å²) in [6, 6.07) is 1.14. The van der Waals surface area contributed by atoms with Gasteiger partial charge in [0.05, 0.1) is 0 Å². The number of pyridine rings is 1. The Morgan fingerprint density at radius 3 is 2.23 bits per heavy atom. The second-order valence-corrected chi connectivity index (χ2v) is 2.69. The van der Waals surface area contributed by atoms with Gasteiger partial charge in [0.15, 0.2) is 11.6 Å². The van der Waals surface area contributed by atoms with Crippen molar-refractivity contribution in [3.05, 3.63) is 45.9 Å². The normalized spacial score (nSPS) is 14.5. The predicted octanol–water partition coefficient (Wildman–Crippen LogP) is 0.310. The Morgan fingerprint density at radius 1 is 0.923 bits per heavy atom. The zero-order valence-corrected chi connectivity index (χ0v) is 6.53. The molecule has 64 valence electrons. The van der Waals surface area contributed by atoms with E-state index in [0.717, 1.165) is 6.07 Å². The third-order valence-electron chi connectivity index (χ3n) is 1.84. The molecule has 0 fully saturated rings. The fraction of sp³-hybridized carbons (Fsp3) is 0. The second kappa shape index (κ2) is 2.52. The lowest BCUT2D eigenvalue weighted by Gasteiger charge is -2.06. The molecular formula is C9H5NO3. The fourth-order valence-electron chi connectivity index (χ4n) is 1.21. The van der Waals surface area contributed by atoms with Crippen molar-refractivity contribution in [1.82, 2.24) is 4.98 Å². The molecule has 2 rings (SSSR count).